The monoisotopic (exact) mass is 534 g/mol. The molecule has 2 aromatic heterocycles. The van der Waals surface area contributed by atoms with Gasteiger partial charge in [-0.1, -0.05) is 59.6 Å². The molecular formula is C25H21Cl2F3N5O+. The lowest BCUT2D eigenvalue weighted by atomic mass is 10.1. The molecule has 2 aromatic carbocycles. The van der Waals surface area contributed by atoms with Crippen LogP contribution in [0.3, 0.4) is 0 Å². The number of nitrogens with one attached hydrogen (secondary N) is 1. The minimum absolute atomic E-state index is 0.0467. The van der Waals surface area contributed by atoms with E-state index in [1.54, 1.807) is 4.90 Å². The van der Waals surface area contributed by atoms with E-state index in [2.05, 4.69) is 22.2 Å². The van der Waals surface area contributed by atoms with E-state index >= 15 is 0 Å². The van der Waals surface area contributed by atoms with Crippen LogP contribution in [-0.2, 0) is 12.7 Å². The number of halogens is 5. The van der Waals surface area contributed by atoms with Crippen molar-refractivity contribution in [1.82, 2.24) is 19.5 Å². The maximum atomic E-state index is 13.9. The van der Waals surface area contributed by atoms with Crippen molar-refractivity contribution in [3.8, 4) is 11.3 Å². The number of hydrogen-bond acceptors (Lipinski definition) is 3. The molecule has 1 fully saturated rings. The van der Waals surface area contributed by atoms with E-state index in [9.17, 15) is 18.0 Å². The van der Waals surface area contributed by atoms with Crippen LogP contribution in [0.5, 0.6) is 0 Å². The average Bonchev–Trinajstić information content (AvgIpc) is 3.29. The molecule has 11 heteroatoms. The summed E-state index contributed by atoms with van der Waals surface area (Å²) in [7, 11) is 0. The molecule has 36 heavy (non-hydrogen) atoms. The standard InChI is InChI=1S/C25H20Cl2F3N5O/c26-18-7-6-17(12-19(18)27)20-13-22(25(28,29)30)35-23(31-20)14-21(32-35)24(36)34-10-8-33(9-11-34)15-16-4-2-1-3-5-16/h1-7,12-14H,8-11,15H2/p+1. The molecule has 0 atom stereocenters. The first-order chi connectivity index (χ1) is 17.2. The van der Waals surface area contributed by atoms with Gasteiger partial charge in [-0.05, 0) is 18.2 Å². The molecule has 5 rings (SSSR count). The fraction of sp³-hybridized carbons (Fsp3) is 0.240. The lowest BCUT2D eigenvalue weighted by molar-refractivity contribution is -0.917. The van der Waals surface area contributed by atoms with E-state index < -0.39 is 17.8 Å². The maximum Gasteiger partial charge on any atom is 0.433 e. The summed E-state index contributed by atoms with van der Waals surface area (Å²) in [5, 5.41) is 4.47. The van der Waals surface area contributed by atoms with Gasteiger partial charge in [-0.25, -0.2) is 9.50 Å². The molecule has 0 unspecified atom stereocenters. The fourth-order valence-corrected chi connectivity index (χ4v) is 4.63. The minimum atomic E-state index is -4.72. The number of quaternary nitrogens is 1. The number of rotatable bonds is 4. The second kappa shape index (κ2) is 9.72. The van der Waals surface area contributed by atoms with Crippen LogP contribution in [0.15, 0.2) is 60.7 Å². The Labute approximate surface area is 214 Å². The largest absolute Gasteiger partial charge is 0.433 e. The molecule has 0 saturated carbocycles. The van der Waals surface area contributed by atoms with Crippen molar-refractivity contribution < 1.29 is 22.9 Å². The van der Waals surface area contributed by atoms with Gasteiger partial charge in [0.2, 0.25) is 0 Å². The van der Waals surface area contributed by atoms with Crippen LogP contribution in [0.4, 0.5) is 13.2 Å². The Bertz CT molecular complexity index is 1420. The van der Waals surface area contributed by atoms with Crippen molar-refractivity contribution >= 4 is 34.8 Å². The summed E-state index contributed by atoms with van der Waals surface area (Å²) < 4.78 is 42.4. The maximum absolute atomic E-state index is 13.9. The van der Waals surface area contributed by atoms with Gasteiger partial charge < -0.3 is 9.80 Å². The molecule has 1 aliphatic heterocycles. The van der Waals surface area contributed by atoms with Crippen LogP contribution in [-0.4, -0.2) is 51.6 Å². The summed E-state index contributed by atoms with van der Waals surface area (Å²) in [5.74, 6) is -0.413. The van der Waals surface area contributed by atoms with E-state index in [4.69, 9.17) is 23.2 Å². The van der Waals surface area contributed by atoms with E-state index in [1.807, 2.05) is 18.2 Å². The predicted molar refractivity (Wildman–Crippen MR) is 130 cm³/mol. The van der Waals surface area contributed by atoms with Gasteiger partial charge in [0.1, 0.15) is 6.54 Å². The number of carbonyl (C=O) groups excluding carboxylic acids is 1. The third-order valence-electron chi connectivity index (χ3n) is 6.21. The van der Waals surface area contributed by atoms with Gasteiger partial charge in [0, 0.05) is 17.2 Å². The van der Waals surface area contributed by atoms with E-state index in [-0.39, 0.29) is 27.1 Å². The van der Waals surface area contributed by atoms with Crippen LogP contribution in [0.1, 0.15) is 21.7 Å². The van der Waals surface area contributed by atoms with Crippen molar-refractivity contribution in [3.05, 3.63) is 87.7 Å². The third kappa shape index (κ3) is 5.04. The van der Waals surface area contributed by atoms with E-state index in [1.165, 1.54) is 34.7 Å². The highest BCUT2D eigenvalue weighted by atomic mass is 35.5. The van der Waals surface area contributed by atoms with Crippen molar-refractivity contribution in [2.45, 2.75) is 12.7 Å². The van der Waals surface area contributed by atoms with Crippen molar-refractivity contribution in [2.24, 2.45) is 0 Å². The van der Waals surface area contributed by atoms with Gasteiger partial charge in [0.05, 0.1) is 41.9 Å². The number of amides is 1. The Kier molecular flexibility index (Phi) is 6.63. The highest BCUT2D eigenvalue weighted by Crippen LogP contribution is 2.34. The second-order valence-corrected chi connectivity index (χ2v) is 9.47. The molecule has 3 heterocycles. The molecule has 0 spiro atoms. The lowest BCUT2D eigenvalue weighted by Crippen LogP contribution is -3.13. The number of alkyl halides is 3. The van der Waals surface area contributed by atoms with Gasteiger partial charge in [0.15, 0.2) is 17.0 Å². The second-order valence-electron chi connectivity index (χ2n) is 8.66. The predicted octanol–water partition coefficient (Wildman–Crippen LogP) is 4.26. The summed E-state index contributed by atoms with van der Waals surface area (Å²) >= 11 is 12.0. The highest BCUT2D eigenvalue weighted by molar-refractivity contribution is 6.42. The van der Waals surface area contributed by atoms with Crippen LogP contribution < -0.4 is 4.90 Å². The molecular weight excluding hydrogens is 514 g/mol. The van der Waals surface area contributed by atoms with Gasteiger partial charge >= 0.3 is 6.18 Å². The van der Waals surface area contributed by atoms with Crippen LogP contribution in [0, 0.1) is 0 Å². The Balaban J connectivity index is 1.40. The van der Waals surface area contributed by atoms with Gasteiger partial charge in [-0.3, -0.25) is 4.79 Å². The zero-order chi connectivity index (χ0) is 25.4. The first-order valence-electron chi connectivity index (χ1n) is 11.3. The Morgan fingerprint density at radius 3 is 2.36 bits per heavy atom. The SMILES string of the molecule is O=C(c1cc2nc(-c3ccc(Cl)c(Cl)c3)cc(C(F)(F)F)n2n1)N1CC[NH+](Cc2ccccc2)CC1. The van der Waals surface area contributed by atoms with Gasteiger partial charge in [-0.2, -0.15) is 18.3 Å². The molecule has 1 saturated heterocycles. The Morgan fingerprint density at radius 2 is 1.69 bits per heavy atom. The molecule has 1 aliphatic rings. The summed E-state index contributed by atoms with van der Waals surface area (Å²) in [4.78, 5) is 20.4. The quantitative estimate of drug-likeness (QED) is 0.425. The minimum Gasteiger partial charge on any atom is -0.328 e. The summed E-state index contributed by atoms with van der Waals surface area (Å²) in [5.41, 5.74) is 0.434. The van der Waals surface area contributed by atoms with Gasteiger partial charge in [0.25, 0.3) is 5.91 Å². The number of nitrogens with zero attached hydrogens (tertiary/aromatic N) is 4. The highest BCUT2D eigenvalue weighted by Gasteiger charge is 2.36. The zero-order valence-corrected chi connectivity index (χ0v) is 20.4. The van der Waals surface area contributed by atoms with Crippen molar-refractivity contribution in [3.63, 3.8) is 0 Å². The van der Waals surface area contributed by atoms with Gasteiger partial charge in [-0.15, -0.1) is 0 Å². The van der Waals surface area contributed by atoms with Crippen LogP contribution >= 0.6 is 23.2 Å². The lowest BCUT2D eigenvalue weighted by Gasteiger charge is -2.31. The summed E-state index contributed by atoms with van der Waals surface area (Å²) in [6.45, 7) is 3.31. The van der Waals surface area contributed by atoms with Crippen molar-refractivity contribution in [1.29, 1.82) is 0 Å². The smallest absolute Gasteiger partial charge is 0.328 e. The fourth-order valence-electron chi connectivity index (χ4n) is 4.33. The normalized spacial score (nSPS) is 15.0. The summed E-state index contributed by atoms with van der Waals surface area (Å²) in [6.07, 6.45) is -4.72. The first kappa shape index (κ1) is 24.5. The summed E-state index contributed by atoms with van der Waals surface area (Å²) in [6, 6.07) is 16.7. The molecule has 6 nitrogen and oxygen atoms in total. The molecule has 0 aliphatic carbocycles. The van der Waals surface area contributed by atoms with Crippen LogP contribution in [0.2, 0.25) is 10.0 Å². The molecule has 0 radical (unpaired) electrons. The van der Waals surface area contributed by atoms with Crippen LogP contribution in [0.25, 0.3) is 16.9 Å². The molecule has 1 amide bonds. The number of carbonyl (C=O) groups is 1. The number of hydrogen-bond donors (Lipinski definition) is 1. The molecule has 186 valence electrons. The molecule has 4 aromatic rings. The molecule has 0 bridgehead atoms. The van der Waals surface area contributed by atoms with Crippen molar-refractivity contribution in [2.75, 3.05) is 26.2 Å². The number of aromatic nitrogens is 3. The average molecular weight is 535 g/mol. The van der Waals surface area contributed by atoms with E-state index in [0.717, 1.165) is 25.7 Å². The number of benzene rings is 2. The topological polar surface area (TPSA) is 54.9 Å². The number of fused-ring (bicyclic) bond motifs is 1. The van der Waals surface area contributed by atoms with E-state index in [0.29, 0.717) is 23.2 Å². The zero-order valence-electron chi connectivity index (χ0n) is 18.9. The number of piperazine rings is 1. The third-order valence-corrected chi connectivity index (χ3v) is 6.95. The Hall–Kier alpha value is -3.14. The first-order valence-corrected chi connectivity index (χ1v) is 12.0. The molecule has 1 N–H and O–H groups in total. The Morgan fingerprint density at radius 1 is 0.972 bits per heavy atom.